The Morgan fingerprint density at radius 3 is 2.21 bits per heavy atom. The van der Waals surface area contributed by atoms with Crippen molar-refractivity contribution < 1.29 is 0 Å². The fourth-order valence-corrected chi connectivity index (χ4v) is 2.08. The monoisotopic (exact) mass is 255 g/mol. The molecule has 0 bridgehead atoms. The van der Waals surface area contributed by atoms with Gasteiger partial charge in [-0.25, -0.2) is 0 Å². The van der Waals surface area contributed by atoms with Gasteiger partial charge in [-0.15, -0.1) is 0 Å². The molecule has 0 aliphatic rings. The van der Waals surface area contributed by atoms with Crippen LogP contribution in [0.5, 0.6) is 0 Å². The molecule has 0 aromatic heterocycles. The molecule has 1 rings (SSSR count). The molecule has 0 aliphatic heterocycles. The Morgan fingerprint density at radius 1 is 1.21 bits per heavy atom. The van der Waals surface area contributed by atoms with Gasteiger partial charge >= 0.3 is 0 Å². The van der Waals surface area contributed by atoms with Gasteiger partial charge in [0, 0.05) is 24.3 Å². The molecule has 0 radical (unpaired) electrons. The highest BCUT2D eigenvalue weighted by molar-refractivity contribution is 9.10. The van der Waals surface area contributed by atoms with Gasteiger partial charge in [-0.1, -0.05) is 35.8 Å². The molecule has 0 saturated heterocycles. The molecule has 14 heavy (non-hydrogen) atoms. The summed E-state index contributed by atoms with van der Waals surface area (Å²) >= 11 is 3.57. The molecule has 0 unspecified atom stereocenters. The van der Waals surface area contributed by atoms with E-state index in [2.05, 4.69) is 67.8 Å². The van der Waals surface area contributed by atoms with E-state index in [0.29, 0.717) is 5.92 Å². The molecule has 1 nitrogen and oxygen atoms in total. The lowest BCUT2D eigenvalue weighted by Crippen LogP contribution is -2.13. The van der Waals surface area contributed by atoms with Gasteiger partial charge in [0.25, 0.3) is 0 Å². The van der Waals surface area contributed by atoms with Crippen LogP contribution in [0.2, 0.25) is 0 Å². The van der Waals surface area contributed by atoms with E-state index in [1.165, 1.54) is 21.3 Å². The predicted octanol–water partition coefficient (Wildman–Crippen LogP) is 3.95. The minimum atomic E-state index is 0.569. The van der Waals surface area contributed by atoms with Crippen molar-refractivity contribution in [1.82, 2.24) is 0 Å². The summed E-state index contributed by atoms with van der Waals surface area (Å²) in [5.41, 5.74) is 4.08. The van der Waals surface area contributed by atoms with Gasteiger partial charge in [-0.3, -0.25) is 0 Å². The molecular weight excluding hydrogens is 238 g/mol. The highest BCUT2D eigenvalue weighted by Crippen LogP contribution is 2.33. The molecule has 0 heterocycles. The lowest BCUT2D eigenvalue weighted by Gasteiger charge is -2.23. The van der Waals surface area contributed by atoms with Crippen LogP contribution in [0.1, 0.15) is 30.9 Å². The van der Waals surface area contributed by atoms with Gasteiger partial charge in [0.15, 0.2) is 0 Å². The minimum absolute atomic E-state index is 0.569. The Kier molecular flexibility index (Phi) is 3.59. The summed E-state index contributed by atoms with van der Waals surface area (Å²) in [5.74, 6) is 0.569. The zero-order chi connectivity index (χ0) is 10.9. The quantitative estimate of drug-likeness (QED) is 0.774. The highest BCUT2D eigenvalue weighted by Gasteiger charge is 2.12. The summed E-state index contributed by atoms with van der Waals surface area (Å²) < 4.78 is 1.19. The second-order valence-electron chi connectivity index (χ2n) is 4.16. The Bertz CT molecular complexity index is 329. The Morgan fingerprint density at radius 2 is 1.79 bits per heavy atom. The van der Waals surface area contributed by atoms with E-state index < -0.39 is 0 Å². The Hall–Kier alpha value is -0.500. The first-order valence-corrected chi connectivity index (χ1v) is 5.70. The van der Waals surface area contributed by atoms with Gasteiger partial charge in [0.1, 0.15) is 0 Å². The molecule has 1 aromatic rings. The first kappa shape index (κ1) is 11.6. The van der Waals surface area contributed by atoms with Crippen LogP contribution in [0.15, 0.2) is 16.6 Å². The van der Waals surface area contributed by atoms with Gasteiger partial charge in [-0.2, -0.15) is 0 Å². The first-order chi connectivity index (χ1) is 6.45. The molecule has 78 valence electrons. The van der Waals surface area contributed by atoms with Crippen molar-refractivity contribution in [3.05, 3.63) is 27.7 Å². The van der Waals surface area contributed by atoms with Gasteiger partial charge in [0.2, 0.25) is 0 Å². The predicted molar refractivity (Wildman–Crippen MR) is 67.3 cm³/mol. The molecule has 0 atom stereocenters. The van der Waals surface area contributed by atoms with Crippen LogP contribution in [0.3, 0.4) is 0 Å². The summed E-state index contributed by atoms with van der Waals surface area (Å²) in [4.78, 5) is 2.19. The standard InChI is InChI=1S/C12H18BrN/c1-8(2)10-6-7-11(13)9(3)12(10)14(4)5/h6-8H,1-5H3. The van der Waals surface area contributed by atoms with Crippen molar-refractivity contribution in [1.29, 1.82) is 0 Å². The first-order valence-electron chi connectivity index (χ1n) is 4.91. The number of hydrogen-bond donors (Lipinski definition) is 0. The van der Waals surface area contributed by atoms with E-state index in [4.69, 9.17) is 0 Å². The second kappa shape index (κ2) is 4.35. The highest BCUT2D eigenvalue weighted by atomic mass is 79.9. The Labute approximate surface area is 95.2 Å². The number of nitrogens with zero attached hydrogens (tertiary/aromatic N) is 1. The van der Waals surface area contributed by atoms with Crippen LogP contribution in [0.4, 0.5) is 5.69 Å². The van der Waals surface area contributed by atoms with Gasteiger partial charge in [-0.05, 0) is 30.0 Å². The SMILES string of the molecule is Cc1c(Br)ccc(C(C)C)c1N(C)C. The van der Waals surface area contributed by atoms with Crippen LogP contribution in [-0.4, -0.2) is 14.1 Å². The molecule has 1 aromatic carbocycles. The molecule has 0 aliphatic carbocycles. The summed E-state index contributed by atoms with van der Waals surface area (Å²) in [6.45, 7) is 6.62. The van der Waals surface area contributed by atoms with Crippen LogP contribution in [-0.2, 0) is 0 Å². The fraction of sp³-hybridized carbons (Fsp3) is 0.500. The summed E-state index contributed by atoms with van der Waals surface area (Å²) in [6, 6.07) is 4.34. The average molecular weight is 256 g/mol. The van der Waals surface area contributed by atoms with Crippen molar-refractivity contribution in [2.75, 3.05) is 19.0 Å². The molecule has 0 N–H and O–H groups in total. The van der Waals surface area contributed by atoms with Crippen molar-refractivity contribution in [2.24, 2.45) is 0 Å². The average Bonchev–Trinajstić information content (AvgIpc) is 2.08. The normalized spacial score (nSPS) is 10.8. The molecule has 2 heteroatoms. The molecular formula is C12H18BrN. The number of hydrogen-bond acceptors (Lipinski definition) is 1. The van der Waals surface area contributed by atoms with Crippen LogP contribution >= 0.6 is 15.9 Å². The van der Waals surface area contributed by atoms with Gasteiger partial charge in [0.05, 0.1) is 0 Å². The van der Waals surface area contributed by atoms with E-state index in [1.54, 1.807) is 0 Å². The molecule has 0 saturated carbocycles. The number of benzene rings is 1. The second-order valence-corrected chi connectivity index (χ2v) is 5.01. The van der Waals surface area contributed by atoms with Crippen molar-refractivity contribution in [3.63, 3.8) is 0 Å². The van der Waals surface area contributed by atoms with Crippen LogP contribution < -0.4 is 4.90 Å². The fourth-order valence-electron chi connectivity index (χ4n) is 1.76. The van der Waals surface area contributed by atoms with Crippen molar-refractivity contribution in [2.45, 2.75) is 26.7 Å². The molecule has 0 fully saturated rings. The number of halogens is 1. The third kappa shape index (κ3) is 2.11. The van der Waals surface area contributed by atoms with Crippen molar-refractivity contribution in [3.8, 4) is 0 Å². The van der Waals surface area contributed by atoms with E-state index in [-0.39, 0.29) is 0 Å². The topological polar surface area (TPSA) is 3.24 Å². The summed E-state index contributed by atoms with van der Waals surface area (Å²) in [6.07, 6.45) is 0. The zero-order valence-electron chi connectivity index (χ0n) is 9.56. The Balaban J connectivity index is 3.38. The molecule has 0 amide bonds. The number of anilines is 1. The third-order valence-corrected chi connectivity index (χ3v) is 3.32. The van der Waals surface area contributed by atoms with Gasteiger partial charge < -0.3 is 4.90 Å². The van der Waals surface area contributed by atoms with Crippen molar-refractivity contribution >= 4 is 21.6 Å². The smallest absolute Gasteiger partial charge is 0.0437 e. The molecule has 0 spiro atoms. The summed E-state index contributed by atoms with van der Waals surface area (Å²) in [5, 5.41) is 0. The summed E-state index contributed by atoms with van der Waals surface area (Å²) in [7, 11) is 4.20. The lowest BCUT2D eigenvalue weighted by molar-refractivity contribution is 0.855. The van der Waals surface area contributed by atoms with E-state index >= 15 is 0 Å². The maximum atomic E-state index is 3.57. The minimum Gasteiger partial charge on any atom is -0.377 e. The van der Waals surface area contributed by atoms with Crippen LogP contribution in [0, 0.1) is 6.92 Å². The van der Waals surface area contributed by atoms with E-state index in [1.807, 2.05) is 0 Å². The maximum absolute atomic E-state index is 3.57. The zero-order valence-corrected chi connectivity index (χ0v) is 11.1. The maximum Gasteiger partial charge on any atom is 0.0437 e. The van der Waals surface area contributed by atoms with E-state index in [0.717, 1.165) is 0 Å². The van der Waals surface area contributed by atoms with E-state index in [9.17, 15) is 0 Å². The third-order valence-electron chi connectivity index (χ3n) is 2.47. The largest absolute Gasteiger partial charge is 0.377 e. The number of rotatable bonds is 2. The van der Waals surface area contributed by atoms with Crippen LogP contribution in [0.25, 0.3) is 0 Å². The lowest BCUT2D eigenvalue weighted by atomic mass is 9.98.